The Kier molecular flexibility index (Phi) is 6.86. The molecule has 0 saturated heterocycles. The highest BCUT2D eigenvalue weighted by molar-refractivity contribution is 5.83. The molecule has 0 aliphatic heterocycles. The van der Waals surface area contributed by atoms with Gasteiger partial charge in [-0.2, -0.15) is 0 Å². The molecule has 0 bridgehead atoms. The van der Waals surface area contributed by atoms with Gasteiger partial charge in [0.05, 0.1) is 0 Å². The molecule has 0 spiro atoms. The minimum absolute atomic E-state index is 0.209. The van der Waals surface area contributed by atoms with Gasteiger partial charge in [0.1, 0.15) is 0 Å². The Morgan fingerprint density at radius 1 is 0.556 bits per heavy atom. The molecule has 36 heavy (non-hydrogen) atoms. The highest BCUT2D eigenvalue weighted by atomic mass is 16.2. The number of rotatable bonds is 9. The van der Waals surface area contributed by atoms with Crippen LogP contribution in [0.1, 0.15) is 62.5 Å². The molecule has 0 N–H and O–H groups in total. The molecule has 190 valence electrons. The fraction of sp³-hybridized carbons (Fsp3) is 0.562. The van der Waals surface area contributed by atoms with Gasteiger partial charge in [0.2, 0.25) is 11.8 Å². The number of fused-ring (bicyclic) bond motifs is 2. The first-order chi connectivity index (χ1) is 17.7. The molecule has 4 aliphatic rings. The number of carbonyl (C=O) groups is 2. The third-order valence-corrected chi connectivity index (χ3v) is 9.58. The van der Waals surface area contributed by atoms with Crippen LogP contribution in [0.2, 0.25) is 0 Å². The average molecular weight is 485 g/mol. The normalized spacial score (nSPS) is 30.0. The van der Waals surface area contributed by atoms with Crippen molar-refractivity contribution in [2.75, 3.05) is 13.1 Å². The lowest BCUT2D eigenvalue weighted by Crippen LogP contribution is -2.42. The molecule has 4 atom stereocenters. The molecule has 4 nitrogen and oxygen atoms in total. The van der Waals surface area contributed by atoms with E-state index in [1.807, 2.05) is 12.1 Å². The van der Waals surface area contributed by atoms with Crippen LogP contribution in [0.3, 0.4) is 0 Å². The molecule has 4 unspecified atom stereocenters. The predicted molar refractivity (Wildman–Crippen MR) is 142 cm³/mol. The SMILES string of the molecule is O=C(C1C2CCCCC21)N(CCN(Cc1ccccc1)C(=O)C1C2CCCCC21)Cc1ccccc1. The van der Waals surface area contributed by atoms with Gasteiger partial charge in [0, 0.05) is 38.0 Å². The molecule has 0 radical (unpaired) electrons. The van der Waals surface area contributed by atoms with E-state index in [1.54, 1.807) is 0 Å². The van der Waals surface area contributed by atoms with Crippen molar-refractivity contribution in [1.82, 2.24) is 9.80 Å². The van der Waals surface area contributed by atoms with Crippen molar-refractivity contribution in [2.45, 2.75) is 64.5 Å². The molecule has 6 rings (SSSR count). The van der Waals surface area contributed by atoms with E-state index in [0.29, 0.717) is 61.7 Å². The summed E-state index contributed by atoms with van der Waals surface area (Å²) in [5.74, 6) is 3.46. The zero-order chi connectivity index (χ0) is 24.5. The molecular weight excluding hydrogens is 444 g/mol. The van der Waals surface area contributed by atoms with Crippen molar-refractivity contribution in [3.05, 3.63) is 71.8 Å². The summed E-state index contributed by atoms with van der Waals surface area (Å²) in [5, 5.41) is 0. The average Bonchev–Trinajstić information content (AvgIpc) is 3.83. The van der Waals surface area contributed by atoms with Crippen molar-refractivity contribution in [2.24, 2.45) is 35.5 Å². The quantitative estimate of drug-likeness (QED) is 0.443. The molecule has 4 aliphatic carbocycles. The van der Waals surface area contributed by atoms with Crippen molar-refractivity contribution >= 4 is 11.8 Å². The summed E-state index contributed by atoms with van der Waals surface area (Å²) in [5.41, 5.74) is 2.34. The summed E-state index contributed by atoms with van der Waals surface area (Å²) in [4.78, 5) is 31.7. The summed E-state index contributed by atoms with van der Waals surface area (Å²) in [6.07, 6.45) is 9.93. The monoisotopic (exact) mass is 484 g/mol. The zero-order valence-corrected chi connectivity index (χ0v) is 21.4. The van der Waals surface area contributed by atoms with E-state index in [9.17, 15) is 9.59 Å². The van der Waals surface area contributed by atoms with Crippen LogP contribution < -0.4 is 0 Å². The van der Waals surface area contributed by atoms with Gasteiger partial charge in [0.15, 0.2) is 0 Å². The summed E-state index contributed by atoms with van der Waals surface area (Å²) < 4.78 is 0. The van der Waals surface area contributed by atoms with Crippen LogP contribution in [0.15, 0.2) is 60.7 Å². The molecule has 4 fully saturated rings. The van der Waals surface area contributed by atoms with Gasteiger partial charge >= 0.3 is 0 Å². The first-order valence-electron chi connectivity index (χ1n) is 14.4. The number of hydrogen-bond acceptors (Lipinski definition) is 2. The van der Waals surface area contributed by atoms with Crippen molar-refractivity contribution in [3.63, 3.8) is 0 Å². The highest BCUT2D eigenvalue weighted by Crippen LogP contribution is 2.57. The van der Waals surface area contributed by atoms with Gasteiger partial charge in [-0.25, -0.2) is 0 Å². The zero-order valence-electron chi connectivity index (χ0n) is 21.4. The Balaban J connectivity index is 1.18. The van der Waals surface area contributed by atoms with Crippen LogP contribution in [-0.4, -0.2) is 34.7 Å². The summed E-state index contributed by atoms with van der Waals surface area (Å²) in [6.45, 7) is 2.50. The lowest BCUT2D eigenvalue weighted by Gasteiger charge is -2.29. The van der Waals surface area contributed by atoms with E-state index in [4.69, 9.17) is 0 Å². The third kappa shape index (κ3) is 4.96. The molecule has 0 heterocycles. The highest BCUT2D eigenvalue weighted by Gasteiger charge is 2.57. The fourth-order valence-electron chi connectivity index (χ4n) is 7.52. The largest absolute Gasteiger partial charge is 0.336 e. The fourth-order valence-corrected chi connectivity index (χ4v) is 7.52. The van der Waals surface area contributed by atoms with E-state index < -0.39 is 0 Å². The van der Waals surface area contributed by atoms with Crippen LogP contribution in [0.5, 0.6) is 0 Å². The topological polar surface area (TPSA) is 40.6 Å². The molecule has 4 saturated carbocycles. The number of benzene rings is 2. The minimum Gasteiger partial charge on any atom is -0.336 e. The summed E-state index contributed by atoms with van der Waals surface area (Å²) >= 11 is 0. The van der Waals surface area contributed by atoms with Crippen LogP contribution in [0, 0.1) is 35.5 Å². The second-order valence-corrected chi connectivity index (χ2v) is 11.8. The lowest BCUT2D eigenvalue weighted by molar-refractivity contribution is -0.138. The Morgan fingerprint density at radius 2 is 0.889 bits per heavy atom. The van der Waals surface area contributed by atoms with E-state index in [0.717, 1.165) is 0 Å². The van der Waals surface area contributed by atoms with E-state index in [2.05, 4.69) is 58.3 Å². The van der Waals surface area contributed by atoms with Crippen LogP contribution >= 0.6 is 0 Å². The Hall–Kier alpha value is -2.62. The number of amides is 2. The van der Waals surface area contributed by atoms with E-state index in [-0.39, 0.29) is 11.8 Å². The lowest BCUT2D eigenvalue weighted by atomic mass is 10.0. The maximum absolute atomic E-state index is 13.8. The second kappa shape index (κ2) is 10.4. The maximum Gasteiger partial charge on any atom is 0.226 e. The third-order valence-electron chi connectivity index (χ3n) is 9.58. The standard InChI is InChI=1S/C32H40N2O2/c35-31(29-25-15-7-8-16-26(25)29)33(21-23-11-3-1-4-12-23)19-20-34(22-24-13-5-2-6-14-24)32(36)30-27-17-9-10-18-28(27)30/h1-6,11-14,25-30H,7-10,15-22H2. The number of hydrogen-bond donors (Lipinski definition) is 0. The van der Waals surface area contributed by atoms with Gasteiger partial charge in [-0.05, 0) is 60.5 Å². The van der Waals surface area contributed by atoms with E-state index in [1.165, 1.54) is 62.5 Å². The van der Waals surface area contributed by atoms with Crippen LogP contribution in [0.4, 0.5) is 0 Å². The van der Waals surface area contributed by atoms with Crippen LogP contribution in [-0.2, 0) is 22.7 Å². The van der Waals surface area contributed by atoms with Gasteiger partial charge < -0.3 is 9.80 Å². The number of carbonyl (C=O) groups excluding carboxylic acids is 2. The summed E-state index contributed by atoms with van der Waals surface area (Å²) in [6, 6.07) is 20.7. The first-order valence-corrected chi connectivity index (χ1v) is 14.4. The second-order valence-electron chi connectivity index (χ2n) is 11.8. The van der Waals surface area contributed by atoms with Crippen LogP contribution in [0.25, 0.3) is 0 Å². The molecule has 4 heteroatoms. The van der Waals surface area contributed by atoms with Gasteiger partial charge in [-0.1, -0.05) is 86.3 Å². The Labute approximate surface area is 216 Å². The van der Waals surface area contributed by atoms with Gasteiger partial charge in [0.25, 0.3) is 0 Å². The molecule has 2 aromatic carbocycles. The predicted octanol–water partition coefficient (Wildman–Crippen LogP) is 5.92. The van der Waals surface area contributed by atoms with Crippen molar-refractivity contribution < 1.29 is 9.59 Å². The smallest absolute Gasteiger partial charge is 0.226 e. The van der Waals surface area contributed by atoms with Gasteiger partial charge in [-0.15, -0.1) is 0 Å². The van der Waals surface area contributed by atoms with E-state index >= 15 is 0 Å². The molecule has 0 aromatic heterocycles. The Morgan fingerprint density at radius 3 is 1.22 bits per heavy atom. The minimum atomic E-state index is 0.209. The maximum atomic E-state index is 13.8. The van der Waals surface area contributed by atoms with Crippen molar-refractivity contribution in [1.29, 1.82) is 0 Å². The number of nitrogens with zero attached hydrogens (tertiary/aromatic N) is 2. The molecule has 2 amide bonds. The Bertz CT molecular complexity index is 945. The molecular formula is C32H40N2O2. The first kappa shape index (κ1) is 23.8. The summed E-state index contributed by atoms with van der Waals surface area (Å²) in [7, 11) is 0. The van der Waals surface area contributed by atoms with Crippen molar-refractivity contribution in [3.8, 4) is 0 Å². The molecule has 2 aromatic rings. The van der Waals surface area contributed by atoms with Gasteiger partial charge in [-0.3, -0.25) is 9.59 Å².